The monoisotopic (exact) mass is 220 g/mol. The number of nitrogens with zero attached hydrogens (tertiary/aromatic N) is 1. The number of phenols is 1. The highest BCUT2D eigenvalue weighted by Crippen LogP contribution is 2.21. The fourth-order valence-corrected chi connectivity index (χ4v) is 1.73. The molecule has 1 saturated heterocycles. The summed E-state index contributed by atoms with van der Waals surface area (Å²) in [6.45, 7) is 3.54. The Morgan fingerprint density at radius 3 is 2.69 bits per heavy atom. The van der Waals surface area contributed by atoms with E-state index in [9.17, 15) is 9.90 Å². The largest absolute Gasteiger partial charge is 0.507 e. The summed E-state index contributed by atoms with van der Waals surface area (Å²) in [6, 6.07) is 5.36. The van der Waals surface area contributed by atoms with Crippen molar-refractivity contribution in [2.24, 2.45) is 0 Å². The van der Waals surface area contributed by atoms with Crippen LogP contribution in [0, 0.1) is 6.92 Å². The highest BCUT2D eigenvalue weighted by atomic mass is 16.3. The number of carbonyl (C=O) groups is 1. The number of aryl methyl sites for hydroxylation is 1. The van der Waals surface area contributed by atoms with Gasteiger partial charge >= 0.3 is 0 Å². The first-order chi connectivity index (χ1) is 7.59. The lowest BCUT2D eigenvalue weighted by Crippen LogP contribution is -2.57. The van der Waals surface area contributed by atoms with Gasteiger partial charge in [-0.3, -0.25) is 4.79 Å². The molecule has 86 valence electrons. The van der Waals surface area contributed by atoms with Gasteiger partial charge in [0, 0.05) is 20.1 Å². The molecule has 0 bridgehead atoms. The molecule has 4 nitrogen and oxygen atoms in total. The number of nitrogens with one attached hydrogen (secondary N) is 1. The molecule has 0 aliphatic carbocycles. The molecule has 1 aromatic carbocycles. The van der Waals surface area contributed by atoms with Crippen LogP contribution in [0.3, 0.4) is 0 Å². The first-order valence-electron chi connectivity index (χ1n) is 5.37. The number of hydrogen-bond acceptors (Lipinski definition) is 3. The second kappa shape index (κ2) is 4.14. The van der Waals surface area contributed by atoms with Crippen LogP contribution in [0.15, 0.2) is 18.2 Å². The number of likely N-dealkylation sites (N-methyl/N-ethyl adjacent to an activating group) is 1. The normalized spacial score (nSPS) is 15.6. The van der Waals surface area contributed by atoms with Crippen LogP contribution < -0.4 is 5.32 Å². The number of rotatable bonds is 2. The SMILES string of the molecule is Cc1ccc(C(=O)N(C)C2CNC2)c(O)c1. The first kappa shape index (κ1) is 11.0. The molecule has 2 rings (SSSR count). The van der Waals surface area contributed by atoms with E-state index in [1.165, 1.54) is 0 Å². The number of benzene rings is 1. The summed E-state index contributed by atoms with van der Waals surface area (Å²) in [5.74, 6) is -0.0619. The highest BCUT2D eigenvalue weighted by molar-refractivity contribution is 5.97. The molecule has 0 unspecified atom stereocenters. The van der Waals surface area contributed by atoms with E-state index in [0.717, 1.165) is 18.7 Å². The summed E-state index contributed by atoms with van der Waals surface area (Å²) in [4.78, 5) is 13.7. The Labute approximate surface area is 94.9 Å². The number of carbonyl (C=O) groups excluding carboxylic acids is 1. The average molecular weight is 220 g/mol. The van der Waals surface area contributed by atoms with Crippen LogP contribution in [-0.2, 0) is 0 Å². The minimum absolute atomic E-state index is 0.0594. The fraction of sp³-hybridized carbons (Fsp3) is 0.417. The Morgan fingerprint density at radius 2 is 2.19 bits per heavy atom. The van der Waals surface area contributed by atoms with Crippen LogP contribution in [-0.4, -0.2) is 42.1 Å². The highest BCUT2D eigenvalue weighted by Gasteiger charge is 2.27. The Bertz CT molecular complexity index is 413. The average Bonchev–Trinajstić information content (AvgIpc) is 2.14. The molecule has 2 N–H and O–H groups in total. The zero-order valence-corrected chi connectivity index (χ0v) is 9.53. The van der Waals surface area contributed by atoms with Crippen LogP contribution in [0.5, 0.6) is 5.75 Å². The number of aromatic hydroxyl groups is 1. The minimum Gasteiger partial charge on any atom is -0.507 e. The van der Waals surface area contributed by atoms with Crippen molar-refractivity contribution in [3.8, 4) is 5.75 Å². The quantitative estimate of drug-likeness (QED) is 0.773. The third kappa shape index (κ3) is 1.88. The van der Waals surface area contributed by atoms with Gasteiger partial charge in [0.2, 0.25) is 0 Å². The van der Waals surface area contributed by atoms with Gasteiger partial charge in [0.25, 0.3) is 5.91 Å². The minimum atomic E-state index is -0.121. The van der Waals surface area contributed by atoms with Gasteiger partial charge in [0.15, 0.2) is 0 Å². The fourth-order valence-electron chi connectivity index (χ4n) is 1.73. The van der Waals surface area contributed by atoms with Gasteiger partial charge in [-0.25, -0.2) is 0 Å². The number of hydrogen-bond donors (Lipinski definition) is 2. The molecular weight excluding hydrogens is 204 g/mol. The Morgan fingerprint density at radius 1 is 1.50 bits per heavy atom. The third-order valence-corrected chi connectivity index (χ3v) is 3.01. The maximum atomic E-state index is 12.0. The van der Waals surface area contributed by atoms with Crippen molar-refractivity contribution < 1.29 is 9.90 Å². The van der Waals surface area contributed by atoms with Crippen LogP contribution in [0.4, 0.5) is 0 Å². The van der Waals surface area contributed by atoms with Crippen molar-refractivity contribution >= 4 is 5.91 Å². The van der Waals surface area contributed by atoms with Crippen molar-refractivity contribution in [1.29, 1.82) is 0 Å². The topological polar surface area (TPSA) is 52.6 Å². The lowest BCUT2D eigenvalue weighted by Gasteiger charge is -2.35. The zero-order chi connectivity index (χ0) is 11.7. The maximum Gasteiger partial charge on any atom is 0.257 e. The van der Waals surface area contributed by atoms with E-state index in [4.69, 9.17) is 0 Å². The Hall–Kier alpha value is -1.55. The van der Waals surface area contributed by atoms with Crippen molar-refractivity contribution in [3.63, 3.8) is 0 Å². The zero-order valence-electron chi connectivity index (χ0n) is 9.53. The standard InChI is InChI=1S/C12H16N2O2/c1-8-3-4-10(11(15)5-8)12(16)14(2)9-6-13-7-9/h3-5,9,13,15H,6-7H2,1-2H3. The van der Waals surface area contributed by atoms with Crippen LogP contribution in [0.25, 0.3) is 0 Å². The molecule has 1 amide bonds. The molecule has 4 heteroatoms. The predicted octanol–water partition coefficient (Wildman–Crippen LogP) is 0.744. The van der Waals surface area contributed by atoms with Gasteiger partial charge < -0.3 is 15.3 Å². The Kier molecular flexibility index (Phi) is 2.83. The van der Waals surface area contributed by atoms with Gasteiger partial charge in [-0.15, -0.1) is 0 Å². The van der Waals surface area contributed by atoms with Gasteiger partial charge in [0.1, 0.15) is 5.75 Å². The summed E-state index contributed by atoms with van der Waals surface area (Å²) in [5.41, 5.74) is 1.32. The number of phenolic OH excluding ortho intramolecular Hbond substituents is 1. The van der Waals surface area contributed by atoms with E-state index in [1.807, 2.05) is 13.0 Å². The lowest BCUT2D eigenvalue weighted by molar-refractivity contribution is 0.0678. The van der Waals surface area contributed by atoms with E-state index >= 15 is 0 Å². The second-order valence-corrected chi connectivity index (χ2v) is 4.25. The molecule has 1 fully saturated rings. The summed E-state index contributed by atoms with van der Waals surface area (Å²) >= 11 is 0. The summed E-state index contributed by atoms with van der Waals surface area (Å²) in [5, 5.41) is 12.8. The molecule has 0 saturated carbocycles. The number of amides is 1. The predicted molar refractivity (Wildman–Crippen MR) is 61.6 cm³/mol. The van der Waals surface area contributed by atoms with Crippen LogP contribution >= 0.6 is 0 Å². The van der Waals surface area contributed by atoms with Gasteiger partial charge in [-0.1, -0.05) is 6.07 Å². The molecule has 1 aromatic rings. The molecule has 1 aliphatic rings. The molecular formula is C12H16N2O2. The van der Waals surface area contributed by atoms with Crippen molar-refractivity contribution in [1.82, 2.24) is 10.2 Å². The van der Waals surface area contributed by atoms with Crippen molar-refractivity contribution in [3.05, 3.63) is 29.3 Å². The third-order valence-electron chi connectivity index (χ3n) is 3.01. The van der Waals surface area contributed by atoms with E-state index < -0.39 is 0 Å². The molecule has 1 aliphatic heterocycles. The van der Waals surface area contributed by atoms with Crippen molar-refractivity contribution in [2.45, 2.75) is 13.0 Å². The van der Waals surface area contributed by atoms with Crippen LogP contribution in [0.1, 0.15) is 15.9 Å². The molecule has 1 heterocycles. The molecule has 0 spiro atoms. The second-order valence-electron chi connectivity index (χ2n) is 4.25. The summed E-state index contributed by atoms with van der Waals surface area (Å²) in [6.07, 6.45) is 0. The first-order valence-corrected chi connectivity index (χ1v) is 5.37. The summed E-state index contributed by atoms with van der Waals surface area (Å²) in [7, 11) is 1.77. The van der Waals surface area contributed by atoms with E-state index in [1.54, 1.807) is 24.1 Å². The van der Waals surface area contributed by atoms with Crippen LogP contribution in [0.2, 0.25) is 0 Å². The van der Waals surface area contributed by atoms with Gasteiger partial charge in [-0.2, -0.15) is 0 Å². The van der Waals surface area contributed by atoms with Gasteiger partial charge in [-0.05, 0) is 24.6 Å². The van der Waals surface area contributed by atoms with E-state index in [-0.39, 0.29) is 17.7 Å². The molecule has 0 radical (unpaired) electrons. The smallest absolute Gasteiger partial charge is 0.257 e. The molecule has 0 atom stereocenters. The maximum absolute atomic E-state index is 12.0. The summed E-state index contributed by atoms with van der Waals surface area (Å²) < 4.78 is 0. The lowest BCUT2D eigenvalue weighted by atomic mass is 10.1. The molecule has 0 aromatic heterocycles. The van der Waals surface area contributed by atoms with Crippen molar-refractivity contribution in [2.75, 3.05) is 20.1 Å². The van der Waals surface area contributed by atoms with Gasteiger partial charge in [0.05, 0.1) is 11.6 Å². The van der Waals surface area contributed by atoms with E-state index in [2.05, 4.69) is 5.32 Å². The van der Waals surface area contributed by atoms with E-state index in [0.29, 0.717) is 5.56 Å². The Balaban J connectivity index is 2.19. The molecule has 16 heavy (non-hydrogen) atoms.